The first-order chi connectivity index (χ1) is 13.1. The van der Waals surface area contributed by atoms with Gasteiger partial charge >= 0.3 is 5.97 Å². The molecule has 1 saturated heterocycles. The summed E-state index contributed by atoms with van der Waals surface area (Å²) < 4.78 is 26.7. The normalized spacial score (nSPS) is 17.2. The molecule has 0 aliphatic carbocycles. The van der Waals surface area contributed by atoms with E-state index in [1.54, 1.807) is 16.8 Å². The van der Waals surface area contributed by atoms with Crippen molar-refractivity contribution in [3.05, 3.63) is 40.9 Å². The Morgan fingerprint density at radius 3 is 3.00 bits per heavy atom. The molecule has 9 heteroatoms. The van der Waals surface area contributed by atoms with Crippen LogP contribution in [0.1, 0.15) is 36.0 Å². The highest BCUT2D eigenvalue weighted by molar-refractivity contribution is 6.31. The van der Waals surface area contributed by atoms with Gasteiger partial charge in [0.25, 0.3) is 0 Å². The van der Waals surface area contributed by atoms with E-state index in [9.17, 15) is 9.18 Å². The Labute approximate surface area is 159 Å². The smallest absolute Gasteiger partial charge is 0.358 e. The van der Waals surface area contributed by atoms with Crippen LogP contribution < -0.4 is 0 Å². The lowest BCUT2D eigenvalue weighted by Crippen LogP contribution is -2.20. The number of hydrogen-bond donors (Lipinski definition) is 0. The van der Waals surface area contributed by atoms with E-state index in [1.807, 2.05) is 0 Å². The van der Waals surface area contributed by atoms with Crippen molar-refractivity contribution < 1.29 is 18.7 Å². The Bertz CT molecular complexity index is 1020. The highest BCUT2D eigenvalue weighted by atomic mass is 35.5. The predicted molar refractivity (Wildman–Crippen MR) is 95.9 cm³/mol. The van der Waals surface area contributed by atoms with E-state index in [4.69, 9.17) is 21.1 Å². The quantitative estimate of drug-likeness (QED) is 0.633. The largest absolute Gasteiger partial charge is 0.464 e. The summed E-state index contributed by atoms with van der Waals surface area (Å²) in [6.45, 7) is 0.594. The number of nitrogens with zero attached hydrogens (tertiary/aromatic N) is 4. The molecule has 1 unspecified atom stereocenters. The standard InChI is InChI=1S/C18H16ClFN4O3/c1-26-18(25)12-9-21-16-15(10-5-4-6-11(19)14(10)20)23-24(17(16)22-12)13-7-2-3-8-27-13/h4-6,9,13H,2-3,7-8H2,1H3. The van der Waals surface area contributed by atoms with Gasteiger partial charge in [-0.2, -0.15) is 5.10 Å². The van der Waals surface area contributed by atoms with Crippen LogP contribution in [-0.4, -0.2) is 39.4 Å². The van der Waals surface area contributed by atoms with Crippen LogP contribution in [-0.2, 0) is 9.47 Å². The lowest BCUT2D eigenvalue weighted by atomic mass is 10.1. The zero-order valence-corrected chi connectivity index (χ0v) is 15.2. The van der Waals surface area contributed by atoms with Crippen LogP contribution in [0.25, 0.3) is 22.4 Å². The molecule has 27 heavy (non-hydrogen) atoms. The number of benzene rings is 1. The highest BCUT2D eigenvalue weighted by Crippen LogP contribution is 2.33. The summed E-state index contributed by atoms with van der Waals surface area (Å²) in [6.07, 6.45) is 3.59. The molecule has 0 N–H and O–H groups in total. The SMILES string of the molecule is COC(=O)c1cnc2c(-c3cccc(Cl)c3F)nn(C3CCCCO3)c2n1. The minimum absolute atomic E-state index is 0.0109. The first-order valence-corrected chi connectivity index (χ1v) is 8.87. The molecule has 3 aromatic rings. The number of carbonyl (C=O) groups excluding carboxylic acids is 1. The molecule has 0 spiro atoms. The summed E-state index contributed by atoms with van der Waals surface area (Å²) in [7, 11) is 1.27. The van der Waals surface area contributed by atoms with Crippen LogP contribution in [0.15, 0.2) is 24.4 Å². The molecule has 1 aromatic carbocycles. The Morgan fingerprint density at radius 2 is 2.26 bits per heavy atom. The van der Waals surface area contributed by atoms with Crippen molar-refractivity contribution >= 4 is 28.7 Å². The summed E-state index contributed by atoms with van der Waals surface area (Å²) in [6, 6.07) is 4.68. The van der Waals surface area contributed by atoms with Crippen molar-refractivity contribution in [2.75, 3.05) is 13.7 Å². The van der Waals surface area contributed by atoms with Crippen LogP contribution in [0.3, 0.4) is 0 Å². The van der Waals surface area contributed by atoms with Gasteiger partial charge in [-0.15, -0.1) is 0 Å². The van der Waals surface area contributed by atoms with Gasteiger partial charge in [0.15, 0.2) is 23.4 Å². The number of fused-ring (bicyclic) bond motifs is 1. The maximum atomic E-state index is 14.6. The number of rotatable bonds is 3. The third-order valence-corrected chi connectivity index (χ3v) is 4.72. The first-order valence-electron chi connectivity index (χ1n) is 8.49. The Hall–Kier alpha value is -2.58. The average molecular weight is 391 g/mol. The molecule has 1 aliphatic heterocycles. The third kappa shape index (κ3) is 3.15. The van der Waals surface area contributed by atoms with Gasteiger partial charge in [0.2, 0.25) is 0 Å². The van der Waals surface area contributed by atoms with Crippen LogP contribution in [0.4, 0.5) is 4.39 Å². The Kier molecular flexibility index (Phi) is 4.75. The molecule has 7 nitrogen and oxygen atoms in total. The molecule has 1 atom stereocenters. The Morgan fingerprint density at radius 1 is 1.41 bits per heavy atom. The van der Waals surface area contributed by atoms with Crippen molar-refractivity contribution in [3.8, 4) is 11.3 Å². The van der Waals surface area contributed by atoms with E-state index >= 15 is 0 Å². The van der Waals surface area contributed by atoms with Crippen LogP contribution >= 0.6 is 11.6 Å². The molecule has 0 radical (unpaired) electrons. The number of carbonyl (C=O) groups is 1. The molecule has 140 valence electrons. The number of methoxy groups -OCH3 is 1. The number of ether oxygens (including phenoxy) is 2. The highest BCUT2D eigenvalue weighted by Gasteiger charge is 2.26. The first kappa shape index (κ1) is 17.8. The Balaban J connectivity index is 1.94. The number of hydrogen-bond acceptors (Lipinski definition) is 6. The summed E-state index contributed by atoms with van der Waals surface area (Å²) in [4.78, 5) is 20.5. The number of halogens is 2. The third-order valence-electron chi connectivity index (χ3n) is 4.43. The predicted octanol–water partition coefficient (Wildman–Crippen LogP) is 3.77. The molecule has 0 saturated carbocycles. The van der Waals surface area contributed by atoms with Gasteiger partial charge in [-0.3, -0.25) is 0 Å². The van der Waals surface area contributed by atoms with Gasteiger partial charge in [-0.05, 0) is 31.4 Å². The van der Waals surface area contributed by atoms with E-state index in [0.717, 1.165) is 19.3 Å². The van der Waals surface area contributed by atoms with E-state index in [1.165, 1.54) is 19.4 Å². The number of aromatic nitrogens is 4. The molecule has 2 aromatic heterocycles. The van der Waals surface area contributed by atoms with Crippen molar-refractivity contribution in [2.24, 2.45) is 0 Å². The zero-order valence-electron chi connectivity index (χ0n) is 14.5. The minimum atomic E-state index is -0.614. The average Bonchev–Trinajstić information content (AvgIpc) is 3.08. The number of esters is 1. The molecule has 1 fully saturated rings. The lowest BCUT2D eigenvalue weighted by Gasteiger charge is -2.22. The van der Waals surface area contributed by atoms with E-state index in [-0.39, 0.29) is 22.5 Å². The van der Waals surface area contributed by atoms with E-state index in [0.29, 0.717) is 23.5 Å². The molecule has 3 heterocycles. The van der Waals surface area contributed by atoms with Gasteiger partial charge in [-0.25, -0.2) is 23.8 Å². The van der Waals surface area contributed by atoms with Gasteiger partial charge in [-0.1, -0.05) is 17.7 Å². The molecule has 0 bridgehead atoms. The molecule has 1 aliphatic rings. The van der Waals surface area contributed by atoms with Gasteiger partial charge < -0.3 is 9.47 Å². The van der Waals surface area contributed by atoms with Crippen molar-refractivity contribution in [3.63, 3.8) is 0 Å². The van der Waals surface area contributed by atoms with Crippen LogP contribution in [0.2, 0.25) is 5.02 Å². The molecular weight excluding hydrogens is 375 g/mol. The van der Waals surface area contributed by atoms with Gasteiger partial charge in [0.05, 0.1) is 18.3 Å². The summed E-state index contributed by atoms with van der Waals surface area (Å²) in [5.41, 5.74) is 1.24. The lowest BCUT2D eigenvalue weighted by molar-refractivity contribution is -0.0369. The summed E-state index contributed by atoms with van der Waals surface area (Å²) in [5, 5.41) is 4.52. The van der Waals surface area contributed by atoms with Crippen molar-refractivity contribution in [1.82, 2.24) is 19.7 Å². The molecular formula is C18H16ClFN4O3. The van der Waals surface area contributed by atoms with E-state index in [2.05, 4.69) is 15.1 Å². The second-order valence-corrected chi connectivity index (χ2v) is 6.54. The van der Waals surface area contributed by atoms with Crippen molar-refractivity contribution in [1.29, 1.82) is 0 Å². The maximum absolute atomic E-state index is 14.6. The molecule has 4 rings (SSSR count). The fourth-order valence-electron chi connectivity index (χ4n) is 3.10. The monoisotopic (exact) mass is 390 g/mol. The summed E-state index contributed by atoms with van der Waals surface area (Å²) in [5.74, 6) is -1.20. The zero-order chi connectivity index (χ0) is 19.0. The molecule has 0 amide bonds. The van der Waals surface area contributed by atoms with Crippen LogP contribution in [0.5, 0.6) is 0 Å². The topological polar surface area (TPSA) is 79.1 Å². The van der Waals surface area contributed by atoms with Gasteiger partial charge in [0.1, 0.15) is 11.2 Å². The second kappa shape index (κ2) is 7.21. The van der Waals surface area contributed by atoms with Gasteiger partial charge in [0, 0.05) is 12.2 Å². The van der Waals surface area contributed by atoms with Crippen LogP contribution in [0, 0.1) is 5.82 Å². The van der Waals surface area contributed by atoms with E-state index < -0.39 is 11.8 Å². The fourth-order valence-corrected chi connectivity index (χ4v) is 3.27. The second-order valence-electron chi connectivity index (χ2n) is 6.13. The maximum Gasteiger partial charge on any atom is 0.358 e. The van der Waals surface area contributed by atoms with Crippen molar-refractivity contribution in [2.45, 2.75) is 25.5 Å². The fraction of sp³-hybridized carbons (Fsp3) is 0.333. The summed E-state index contributed by atoms with van der Waals surface area (Å²) >= 11 is 5.92. The minimum Gasteiger partial charge on any atom is -0.464 e.